The van der Waals surface area contributed by atoms with Crippen molar-refractivity contribution in [2.24, 2.45) is 0 Å². The van der Waals surface area contributed by atoms with Crippen molar-refractivity contribution in [3.63, 3.8) is 0 Å². The van der Waals surface area contributed by atoms with Gasteiger partial charge < -0.3 is 14.2 Å². The van der Waals surface area contributed by atoms with Gasteiger partial charge in [-0.2, -0.15) is 0 Å². The maximum absolute atomic E-state index is 13.8. The minimum absolute atomic E-state index is 0.273. The summed E-state index contributed by atoms with van der Waals surface area (Å²) in [6, 6.07) is 16.5. The van der Waals surface area contributed by atoms with Crippen molar-refractivity contribution in [3.05, 3.63) is 89.6 Å². The second kappa shape index (κ2) is 9.45. The number of hydrogen-bond donors (Lipinski definition) is 0. The molecule has 0 N–H and O–H groups in total. The fraction of sp³-hybridized carbons (Fsp3) is 0.222. The normalized spacial score (nSPS) is 11.1. The molecule has 0 aliphatic heterocycles. The molecule has 0 radical (unpaired) electrons. The van der Waals surface area contributed by atoms with Crippen LogP contribution in [0.3, 0.4) is 0 Å². The Kier molecular flexibility index (Phi) is 6.45. The Morgan fingerprint density at radius 2 is 1.64 bits per heavy atom. The van der Waals surface area contributed by atoms with Crippen molar-refractivity contribution in [2.45, 2.75) is 27.3 Å². The van der Waals surface area contributed by atoms with Crippen LogP contribution in [-0.2, 0) is 6.54 Å². The molecule has 1 aromatic heterocycles. The van der Waals surface area contributed by atoms with Gasteiger partial charge >= 0.3 is 6.09 Å². The second-order valence-corrected chi connectivity index (χ2v) is 7.93. The lowest BCUT2D eigenvalue weighted by Crippen LogP contribution is -2.33. The van der Waals surface area contributed by atoms with Crippen molar-refractivity contribution in [1.29, 1.82) is 0 Å². The summed E-state index contributed by atoms with van der Waals surface area (Å²) < 4.78 is 35.2. The highest BCUT2D eigenvalue weighted by Crippen LogP contribution is 2.38. The maximum Gasteiger partial charge on any atom is 0.415 e. The topological polar surface area (TPSA) is 34.5 Å². The fourth-order valence-corrected chi connectivity index (χ4v) is 4.02. The van der Waals surface area contributed by atoms with Gasteiger partial charge in [-0.25, -0.2) is 13.6 Å². The number of nitrogens with zero attached hydrogens (tertiary/aromatic N) is 2. The molecule has 33 heavy (non-hydrogen) atoms. The molecule has 0 aliphatic carbocycles. The predicted molar refractivity (Wildman–Crippen MR) is 127 cm³/mol. The van der Waals surface area contributed by atoms with Gasteiger partial charge in [0.2, 0.25) is 0 Å². The van der Waals surface area contributed by atoms with Crippen LogP contribution in [0.1, 0.15) is 25.0 Å². The van der Waals surface area contributed by atoms with Crippen molar-refractivity contribution in [2.75, 3.05) is 13.1 Å². The first kappa shape index (κ1) is 22.5. The molecular weight excluding hydrogens is 422 g/mol. The Hall–Kier alpha value is -3.67. The number of fused-ring (bicyclic) bond motifs is 1. The molecule has 0 fully saturated rings. The summed E-state index contributed by atoms with van der Waals surface area (Å²) in [7, 11) is 0. The second-order valence-electron chi connectivity index (χ2n) is 7.93. The first-order valence-electron chi connectivity index (χ1n) is 11.0. The first-order chi connectivity index (χ1) is 15.9. The van der Waals surface area contributed by atoms with Gasteiger partial charge in [-0.05, 0) is 79.9 Å². The fourth-order valence-electron chi connectivity index (χ4n) is 4.02. The number of ether oxygens (including phenoxy) is 1. The van der Waals surface area contributed by atoms with Crippen LogP contribution in [0, 0.1) is 18.6 Å². The summed E-state index contributed by atoms with van der Waals surface area (Å²) in [6.07, 6.45) is 1.50. The van der Waals surface area contributed by atoms with Crippen LogP contribution in [0.15, 0.2) is 66.9 Å². The molecule has 0 atom stereocenters. The summed E-state index contributed by atoms with van der Waals surface area (Å²) in [5.41, 5.74) is 4.24. The molecule has 3 aromatic carbocycles. The number of hydrogen-bond acceptors (Lipinski definition) is 2. The van der Waals surface area contributed by atoms with Crippen LogP contribution in [0.5, 0.6) is 5.75 Å². The number of benzene rings is 3. The standard InChI is InChI=1S/C27H26F2N2O2/c1-4-30(5-2)27(32)33-25-13-12-24-23(26(25)19-7-10-21(28)11-8-19)14-15-31(24)17-20-16-22(29)9-6-18(20)3/h6-16H,4-5,17H2,1-3H3. The van der Waals surface area contributed by atoms with Crippen molar-refractivity contribution < 1.29 is 18.3 Å². The van der Waals surface area contributed by atoms with Crippen molar-refractivity contribution in [3.8, 4) is 16.9 Å². The van der Waals surface area contributed by atoms with Gasteiger partial charge in [-0.1, -0.05) is 18.2 Å². The number of carbonyl (C=O) groups excluding carboxylic acids is 1. The quantitative estimate of drug-likeness (QED) is 0.326. The highest BCUT2D eigenvalue weighted by molar-refractivity contribution is 5.99. The summed E-state index contributed by atoms with van der Waals surface area (Å²) in [6.45, 7) is 7.30. The molecular formula is C27H26F2N2O2. The molecule has 0 saturated carbocycles. The minimum atomic E-state index is -0.433. The van der Waals surface area contributed by atoms with Gasteiger partial charge in [0.15, 0.2) is 0 Å². The van der Waals surface area contributed by atoms with E-state index in [9.17, 15) is 13.6 Å². The highest BCUT2D eigenvalue weighted by atomic mass is 19.1. The molecule has 6 heteroatoms. The van der Waals surface area contributed by atoms with E-state index in [1.807, 2.05) is 43.7 Å². The zero-order valence-corrected chi connectivity index (χ0v) is 18.9. The molecule has 4 rings (SSSR count). The predicted octanol–water partition coefficient (Wildman–Crippen LogP) is 6.78. The molecule has 4 nitrogen and oxygen atoms in total. The lowest BCUT2D eigenvalue weighted by Gasteiger charge is -2.20. The van der Waals surface area contributed by atoms with Crippen LogP contribution in [0.4, 0.5) is 13.6 Å². The molecule has 0 unspecified atom stereocenters. The van der Waals surface area contributed by atoms with Gasteiger partial charge in [-0.15, -0.1) is 0 Å². The molecule has 0 aliphatic rings. The molecule has 170 valence electrons. The molecule has 1 heterocycles. The van der Waals surface area contributed by atoms with E-state index in [2.05, 4.69) is 0 Å². The number of aromatic nitrogens is 1. The lowest BCUT2D eigenvalue weighted by atomic mass is 10.0. The monoisotopic (exact) mass is 448 g/mol. The lowest BCUT2D eigenvalue weighted by molar-refractivity contribution is 0.157. The third-order valence-electron chi connectivity index (χ3n) is 5.92. The Balaban J connectivity index is 1.82. The molecule has 0 saturated heterocycles. The number of rotatable bonds is 6. The Labute approximate surface area is 192 Å². The largest absolute Gasteiger partial charge is 0.415 e. The van der Waals surface area contributed by atoms with E-state index in [-0.39, 0.29) is 11.6 Å². The van der Waals surface area contributed by atoms with E-state index < -0.39 is 6.09 Å². The van der Waals surface area contributed by atoms with Crippen LogP contribution < -0.4 is 4.74 Å². The Morgan fingerprint density at radius 1 is 0.939 bits per heavy atom. The highest BCUT2D eigenvalue weighted by Gasteiger charge is 2.19. The third kappa shape index (κ3) is 4.60. The first-order valence-corrected chi connectivity index (χ1v) is 11.0. The summed E-state index contributed by atoms with van der Waals surface area (Å²) in [5.74, 6) is -0.206. The van der Waals surface area contributed by atoms with E-state index >= 15 is 0 Å². The van der Waals surface area contributed by atoms with Crippen molar-refractivity contribution in [1.82, 2.24) is 9.47 Å². The van der Waals surface area contributed by atoms with Gasteiger partial charge in [0.1, 0.15) is 17.4 Å². The van der Waals surface area contributed by atoms with Crippen LogP contribution >= 0.6 is 0 Å². The van der Waals surface area contributed by atoms with E-state index in [0.717, 1.165) is 27.6 Å². The Morgan fingerprint density at radius 3 is 2.33 bits per heavy atom. The Bertz CT molecular complexity index is 1290. The molecule has 0 spiro atoms. The van der Waals surface area contributed by atoms with Gasteiger partial charge in [0.05, 0.1) is 0 Å². The van der Waals surface area contributed by atoms with Crippen LogP contribution in [0.2, 0.25) is 0 Å². The SMILES string of the molecule is CCN(CC)C(=O)Oc1ccc2c(ccn2Cc2cc(F)ccc2C)c1-c1ccc(F)cc1. The number of halogens is 2. The average molecular weight is 449 g/mol. The van der Waals surface area contributed by atoms with E-state index in [1.165, 1.54) is 18.2 Å². The van der Waals surface area contributed by atoms with Gasteiger partial charge in [0.25, 0.3) is 0 Å². The zero-order chi connectivity index (χ0) is 23.5. The van der Waals surface area contributed by atoms with Crippen LogP contribution in [0.25, 0.3) is 22.0 Å². The maximum atomic E-state index is 13.8. The third-order valence-corrected chi connectivity index (χ3v) is 5.92. The average Bonchev–Trinajstić information content (AvgIpc) is 3.20. The van der Waals surface area contributed by atoms with Crippen molar-refractivity contribution >= 4 is 17.0 Å². The number of aryl methyl sites for hydroxylation is 1. The van der Waals surface area contributed by atoms with E-state index in [1.54, 1.807) is 35.2 Å². The summed E-state index contributed by atoms with van der Waals surface area (Å²) >= 11 is 0. The zero-order valence-electron chi connectivity index (χ0n) is 18.9. The smallest absolute Gasteiger partial charge is 0.410 e. The van der Waals surface area contributed by atoms with Gasteiger partial charge in [0, 0.05) is 42.3 Å². The summed E-state index contributed by atoms with van der Waals surface area (Å²) in [4.78, 5) is 14.3. The molecule has 0 bridgehead atoms. The number of carbonyl (C=O) groups is 1. The van der Waals surface area contributed by atoms with E-state index in [4.69, 9.17) is 4.74 Å². The van der Waals surface area contributed by atoms with E-state index in [0.29, 0.717) is 30.9 Å². The minimum Gasteiger partial charge on any atom is -0.410 e. The molecule has 4 aromatic rings. The number of amides is 1. The molecule has 1 amide bonds. The van der Waals surface area contributed by atoms with Crippen LogP contribution in [-0.4, -0.2) is 28.6 Å². The van der Waals surface area contributed by atoms with Gasteiger partial charge in [-0.3, -0.25) is 0 Å². The summed E-state index contributed by atoms with van der Waals surface area (Å²) in [5, 5.41) is 0.862.